The van der Waals surface area contributed by atoms with Crippen LogP contribution in [0.3, 0.4) is 0 Å². The normalized spacial score (nSPS) is 23.6. The van der Waals surface area contributed by atoms with E-state index in [1.165, 1.54) is 0 Å². The summed E-state index contributed by atoms with van der Waals surface area (Å²) in [4.78, 5) is 36.4. The summed E-state index contributed by atoms with van der Waals surface area (Å²) in [6.07, 6.45) is 2.71. The number of carboxylic acids is 1. The number of hydrogen-bond donors (Lipinski definition) is 3. The number of carbonyl (C=O) groups is 3. The SMILES string of the molecule is NC(=O)C1CC(NC(=O)N2CCC(c3ccccc3C(=O)O)CC2)C1. The van der Waals surface area contributed by atoms with Crippen molar-refractivity contribution in [3.05, 3.63) is 35.4 Å². The van der Waals surface area contributed by atoms with Crippen LogP contribution in [0.5, 0.6) is 0 Å². The largest absolute Gasteiger partial charge is 0.478 e. The van der Waals surface area contributed by atoms with Crippen molar-refractivity contribution in [3.8, 4) is 0 Å². The maximum absolute atomic E-state index is 12.3. The highest BCUT2D eigenvalue weighted by Crippen LogP contribution is 2.31. The molecule has 0 radical (unpaired) electrons. The third kappa shape index (κ3) is 3.75. The van der Waals surface area contributed by atoms with Crippen molar-refractivity contribution >= 4 is 17.9 Å². The quantitative estimate of drug-likeness (QED) is 0.768. The first-order valence-electron chi connectivity index (χ1n) is 8.62. The summed E-state index contributed by atoms with van der Waals surface area (Å²) < 4.78 is 0. The summed E-state index contributed by atoms with van der Waals surface area (Å²) in [7, 11) is 0. The molecule has 2 fully saturated rings. The number of likely N-dealkylation sites (tertiary alicyclic amines) is 1. The number of carbonyl (C=O) groups excluding carboxylic acids is 2. The maximum Gasteiger partial charge on any atom is 0.335 e. The topological polar surface area (TPSA) is 113 Å². The summed E-state index contributed by atoms with van der Waals surface area (Å²) >= 11 is 0. The molecule has 7 heteroatoms. The second kappa shape index (κ2) is 7.13. The van der Waals surface area contributed by atoms with Crippen LogP contribution in [0.4, 0.5) is 4.79 Å². The molecule has 1 aliphatic heterocycles. The van der Waals surface area contributed by atoms with E-state index >= 15 is 0 Å². The third-order valence-electron chi connectivity index (χ3n) is 5.28. The number of nitrogens with one attached hydrogen (secondary N) is 1. The molecule has 1 aliphatic carbocycles. The molecule has 1 aromatic rings. The molecule has 3 amide bonds. The summed E-state index contributed by atoms with van der Waals surface area (Å²) in [5, 5.41) is 12.3. The van der Waals surface area contributed by atoms with Crippen LogP contribution in [0.1, 0.15) is 47.5 Å². The number of primary amides is 1. The molecule has 4 N–H and O–H groups in total. The number of aromatic carboxylic acids is 1. The van der Waals surface area contributed by atoms with Gasteiger partial charge in [0.15, 0.2) is 0 Å². The van der Waals surface area contributed by atoms with Gasteiger partial charge in [-0.2, -0.15) is 0 Å². The number of urea groups is 1. The zero-order valence-electron chi connectivity index (χ0n) is 14.0. The van der Waals surface area contributed by atoms with Crippen LogP contribution in [-0.2, 0) is 4.79 Å². The van der Waals surface area contributed by atoms with Crippen LogP contribution < -0.4 is 11.1 Å². The highest BCUT2D eigenvalue weighted by atomic mass is 16.4. The van der Waals surface area contributed by atoms with E-state index in [1.54, 1.807) is 17.0 Å². The third-order valence-corrected chi connectivity index (χ3v) is 5.28. The van der Waals surface area contributed by atoms with Gasteiger partial charge in [-0.3, -0.25) is 4.79 Å². The van der Waals surface area contributed by atoms with Gasteiger partial charge in [-0.05, 0) is 43.2 Å². The van der Waals surface area contributed by atoms with Crippen LogP contribution in [0.2, 0.25) is 0 Å². The fraction of sp³-hybridized carbons (Fsp3) is 0.500. The molecule has 134 valence electrons. The average Bonchev–Trinajstić information content (AvgIpc) is 2.57. The van der Waals surface area contributed by atoms with Crippen molar-refractivity contribution in [1.82, 2.24) is 10.2 Å². The van der Waals surface area contributed by atoms with Crippen LogP contribution in [-0.4, -0.2) is 47.0 Å². The first-order valence-corrected chi connectivity index (χ1v) is 8.62. The Bertz CT molecular complexity index is 677. The Labute approximate surface area is 146 Å². The predicted molar refractivity (Wildman–Crippen MR) is 91.2 cm³/mol. The first-order chi connectivity index (χ1) is 12.0. The van der Waals surface area contributed by atoms with E-state index in [4.69, 9.17) is 5.73 Å². The van der Waals surface area contributed by atoms with Crippen molar-refractivity contribution < 1.29 is 19.5 Å². The van der Waals surface area contributed by atoms with E-state index in [1.807, 2.05) is 12.1 Å². The molecule has 0 bridgehead atoms. The van der Waals surface area contributed by atoms with E-state index in [0.717, 1.165) is 18.4 Å². The molecule has 7 nitrogen and oxygen atoms in total. The number of rotatable bonds is 4. The molecule has 25 heavy (non-hydrogen) atoms. The van der Waals surface area contributed by atoms with Crippen molar-refractivity contribution in [1.29, 1.82) is 0 Å². The Morgan fingerprint density at radius 1 is 1.12 bits per heavy atom. The fourth-order valence-corrected chi connectivity index (χ4v) is 3.68. The molecule has 3 rings (SSSR count). The second-order valence-electron chi connectivity index (χ2n) is 6.87. The van der Waals surface area contributed by atoms with Gasteiger partial charge in [0.05, 0.1) is 5.56 Å². The lowest BCUT2D eigenvalue weighted by molar-refractivity contribution is -0.124. The molecular formula is C18H23N3O4. The Balaban J connectivity index is 1.51. The van der Waals surface area contributed by atoms with Crippen molar-refractivity contribution in [2.75, 3.05) is 13.1 Å². The smallest absolute Gasteiger partial charge is 0.335 e. The Hall–Kier alpha value is -2.57. The van der Waals surface area contributed by atoms with Crippen LogP contribution in [0.15, 0.2) is 24.3 Å². The lowest BCUT2D eigenvalue weighted by Crippen LogP contribution is -2.53. The number of nitrogens with zero attached hydrogens (tertiary/aromatic N) is 1. The minimum atomic E-state index is -0.912. The monoisotopic (exact) mass is 345 g/mol. The van der Waals surface area contributed by atoms with Gasteiger partial charge in [-0.1, -0.05) is 18.2 Å². The Morgan fingerprint density at radius 2 is 1.76 bits per heavy atom. The average molecular weight is 345 g/mol. The van der Waals surface area contributed by atoms with Gasteiger partial charge >= 0.3 is 12.0 Å². The van der Waals surface area contributed by atoms with E-state index in [0.29, 0.717) is 31.5 Å². The van der Waals surface area contributed by atoms with Crippen molar-refractivity contribution in [3.63, 3.8) is 0 Å². The number of carboxylic acid groups (broad SMARTS) is 1. The van der Waals surface area contributed by atoms with Gasteiger partial charge in [-0.15, -0.1) is 0 Å². The number of benzene rings is 1. The molecule has 0 spiro atoms. The molecule has 1 aromatic carbocycles. The van der Waals surface area contributed by atoms with Gasteiger partial charge in [0.1, 0.15) is 0 Å². The van der Waals surface area contributed by atoms with E-state index < -0.39 is 5.97 Å². The Morgan fingerprint density at radius 3 is 2.36 bits per heavy atom. The van der Waals surface area contributed by atoms with E-state index in [9.17, 15) is 19.5 Å². The molecule has 0 unspecified atom stereocenters. The zero-order chi connectivity index (χ0) is 18.0. The molecular weight excluding hydrogens is 322 g/mol. The standard InChI is InChI=1S/C18H23N3O4/c19-16(22)12-9-13(10-12)20-18(25)21-7-5-11(6-8-21)14-3-1-2-4-15(14)17(23)24/h1-4,11-13H,5-10H2,(H2,19,22)(H,20,25)(H,23,24). The summed E-state index contributed by atoms with van der Waals surface area (Å²) in [6, 6.07) is 6.98. The molecule has 2 aliphatic rings. The minimum absolute atomic E-state index is 0.0236. The van der Waals surface area contributed by atoms with Crippen molar-refractivity contribution in [2.24, 2.45) is 11.7 Å². The Kier molecular flexibility index (Phi) is 4.92. The number of hydrogen-bond acceptors (Lipinski definition) is 3. The van der Waals surface area contributed by atoms with Crippen LogP contribution >= 0.6 is 0 Å². The fourth-order valence-electron chi connectivity index (χ4n) is 3.68. The summed E-state index contributed by atoms with van der Waals surface area (Å²) in [5.41, 5.74) is 6.42. The van der Waals surface area contributed by atoms with Gasteiger partial charge < -0.3 is 21.1 Å². The highest BCUT2D eigenvalue weighted by molar-refractivity contribution is 5.89. The number of nitrogens with two attached hydrogens (primary N) is 1. The van der Waals surface area contributed by atoms with Gasteiger partial charge in [0.25, 0.3) is 0 Å². The van der Waals surface area contributed by atoms with E-state index in [-0.39, 0.29) is 29.8 Å². The van der Waals surface area contributed by atoms with E-state index in [2.05, 4.69) is 5.32 Å². The second-order valence-corrected chi connectivity index (χ2v) is 6.87. The first kappa shape index (κ1) is 17.3. The number of piperidine rings is 1. The predicted octanol–water partition coefficient (Wildman–Crippen LogP) is 1.54. The van der Waals surface area contributed by atoms with Crippen molar-refractivity contribution in [2.45, 2.75) is 37.6 Å². The minimum Gasteiger partial charge on any atom is -0.478 e. The summed E-state index contributed by atoms with van der Waals surface area (Å²) in [5.74, 6) is -1.18. The lowest BCUT2D eigenvalue weighted by Gasteiger charge is -2.37. The lowest BCUT2D eigenvalue weighted by atomic mass is 9.80. The van der Waals surface area contributed by atoms with Gasteiger partial charge in [0, 0.05) is 25.0 Å². The highest BCUT2D eigenvalue weighted by Gasteiger charge is 2.35. The zero-order valence-corrected chi connectivity index (χ0v) is 14.0. The molecule has 0 aromatic heterocycles. The van der Waals surface area contributed by atoms with Crippen LogP contribution in [0, 0.1) is 5.92 Å². The molecule has 0 atom stereocenters. The molecule has 1 saturated heterocycles. The van der Waals surface area contributed by atoms with Gasteiger partial charge in [0.2, 0.25) is 5.91 Å². The molecule has 1 heterocycles. The van der Waals surface area contributed by atoms with Crippen LogP contribution in [0.25, 0.3) is 0 Å². The van der Waals surface area contributed by atoms with Gasteiger partial charge in [-0.25, -0.2) is 9.59 Å². The summed E-state index contributed by atoms with van der Waals surface area (Å²) in [6.45, 7) is 1.19. The number of amides is 3. The molecule has 1 saturated carbocycles. The maximum atomic E-state index is 12.3.